The molecule has 1 amide bonds. The summed E-state index contributed by atoms with van der Waals surface area (Å²) < 4.78 is 5.10. The van der Waals surface area contributed by atoms with Crippen LogP contribution in [0.3, 0.4) is 0 Å². The molecule has 2 saturated heterocycles. The van der Waals surface area contributed by atoms with Crippen LogP contribution in [-0.2, 0) is 14.3 Å². The van der Waals surface area contributed by atoms with Crippen molar-refractivity contribution in [1.82, 2.24) is 4.90 Å². The lowest BCUT2D eigenvalue weighted by atomic mass is 9.72. The number of carbonyl (C=O) groups excluding carboxylic acids is 2. The van der Waals surface area contributed by atoms with Crippen molar-refractivity contribution in [3.63, 3.8) is 0 Å². The zero-order valence-electron chi connectivity index (χ0n) is 19.7. The Morgan fingerprint density at radius 2 is 1.78 bits per heavy atom. The van der Waals surface area contributed by atoms with Crippen molar-refractivity contribution < 1.29 is 14.3 Å². The fourth-order valence-corrected chi connectivity index (χ4v) is 7.18. The molecule has 1 aromatic carbocycles. The molecule has 32 heavy (non-hydrogen) atoms. The number of methoxy groups -OCH3 is 1. The number of esters is 1. The lowest BCUT2D eigenvalue weighted by Gasteiger charge is -2.31. The molecule has 5 rings (SSSR count). The summed E-state index contributed by atoms with van der Waals surface area (Å²) in [5.41, 5.74) is 1.84. The Morgan fingerprint density at radius 3 is 2.44 bits per heavy atom. The number of anilines is 1. The van der Waals surface area contributed by atoms with Gasteiger partial charge in [-0.15, -0.1) is 0 Å². The number of hydrogen-bond donors (Lipinski definition) is 0. The molecule has 4 unspecified atom stereocenters. The van der Waals surface area contributed by atoms with E-state index in [4.69, 9.17) is 4.74 Å². The van der Waals surface area contributed by atoms with Crippen molar-refractivity contribution in [3.8, 4) is 0 Å². The van der Waals surface area contributed by atoms with Gasteiger partial charge in [0, 0.05) is 17.8 Å². The molecule has 2 saturated carbocycles. The van der Waals surface area contributed by atoms with E-state index in [1.54, 1.807) is 4.90 Å². The van der Waals surface area contributed by atoms with Crippen LogP contribution < -0.4 is 4.90 Å². The fourth-order valence-electron chi connectivity index (χ4n) is 7.18. The van der Waals surface area contributed by atoms with Gasteiger partial charge < -0.3 is 4.74 Å². The molecule has 4 fully saturated rings. The maximum Gasteiger partial charge on any atom is 0.329 e. The molecule has 1 aromatic rings. The zero-order valence-corrected chi connectivity index (χ0v) is 19.7. The topological polar surface area (TPSA) is 49.9 Å². The van der Waals surface area contributed by atoms with Crippen LogP contribution in [0.1, 0.15) is 89.0 Å². The maximum absolute atomic E-state index is 13.6. The average molecular weight is 439 g/mol. The minimum absolute atomic E-state index is 0.129. The van der Waals surface area contributed by atoms with Gasteiger partial charge in [-0.25, -0.2) is 4.79 Å². The van der Waals surface area contributed by atoms with Gasteiger partial charge in [0.05, 0.1) is 12.5 Å². The standard InChI is InChI=1S/C27H38N2O3/c1-19-7-6-16-28(19)23-13-10-21(17-23)20-8-11-22(12-9-20)29-24(25(30)32-2)18-27(26(29)31)14-4-3-5-15-27/h8-9,11-12,19,21,23-24H,3-7,10,13-18H2,1-2H3. The Morgan fingerprint density at radius 1 is 1.03 bits per heavy atom. The van der Waals surface area contributed by atoms with Crippen LogP contribution in [0.5, 0.6) is 0 Å². The zero-order chi connectivity index (χ0) is 22.3. The number of nitrogens with zero attached hydrogens (tertiary/aromatic N) is 2. The Balaban J connectivity index is 1.33. The summed E-state index contributed by atoms with van der Waals surface area (Å²) in [6, 6.07) is 9.47. The van der Waals surface area contributed by atoms with E-state index in [-0.39, 0.29) is 17.3 Å². The molecule has 4 atom stereocenters. The summed E-state index contributed by atoms with van der Waals surface area (Å²) in [4.78, 5) is 30.7. The number of hydrogen-bond acceptors (Lipinski definition) is 4. The minimum Gasteiger partial charge on any atom is -0.467 e. The van der Waals surface area contributed by atoms with Crippen LogP contribution in [0.4, 0.5) is 5.69 Å². The highest BCUT2D eigenvalue weighted by Crippen LogP contribution is 2.49. The first-order valence-electron chi connectivity index (χ1n) is 12.8. The highest BCUT2D eigenvalue weighted by molar-refractivity contribution is 6.06. The van der Waals surface area contributed by atoms with Crippen molar-refractivity contribution >= 4 is 17.6 Å². The summed E-state index contributed by atoms with van der Waals surface area (Å²) in [6.07, 6.45) is 12.2. The van der Waals surface area contributed by atoms with E-state index < -0.39 is 6.04 Å². The normalized spacial score (nSPS) is 32.7. The molecule has 0 aromatic heterocycles. The molecular weight excluding hydrogens is 400 g/mol. The molecule has 5 heteroatoms. The van der Waals surface area contributed by atoms with E-state index >= 15 is 0 Å². The minimum atomic E-state index is -0.496. The summed E-state index contributed by atoms with van der Waals surface area (Å²) in [5, 5.41) is 0. The van der Waals surface area contributed by atoms with E-state index in [9.17, 15) is 9.59 Å². The van der Waals surface area contributed by atoms with Crippen LogP contribution in [-0.4, -0.2) is 48.6 Å². The second kappa shape index (κ2) is 8.81. The highest BCUT2D eigenvalue weighted by Gasteiger charge is 2.54. The maximum atomic E-state index is 13.6. The number of rotatable bonds is 4. The summed E-state index contributed by atoms with van der Waals surface area (Å²) >= 11 is 0. The predicted molar refractivity (Wildman–Crippen MR) is 126 cm³/mol. The highest BCUT2D eigenvalue weighted by atomic mass is 16.5. The van der Waals surface area contributed by atoms with Crippen LogP contribution in [0.25, 0.3) is 0 Å². The number of carbonyl (C=O) groups is 2. The van der Waals surface area contributed by atoms with Crippen LogP contribution in [0, 0.1) is 5.41 Å². The average Bonchev–Trinajstić information content (AvgIpc) is 3.53. The van der Waals surface area contributed by atoms with Gasteiger partial charge >= 0.3 is 5.97 Å². The third kappa shape index (κ3) is 3.76. The van der Waals surface area contributed by atoms with E-state index in [0.717, 1.165) is 37.4 Å². The van der Waals surface area contributed by atoms with Crippen molar-refractivity contribution in [2.24, 2.45) is 5.41 Å². The van der Waals surface area contributed by atoms with Crippen LogP contribution in [0.15, 0.2) is 24.3 Å². The van der Waals surface area contributed by atoms with Crippen molar-refractivity contribution in [1.29, 1.82) is 0 Å². The number of amides is 1. The molecule has 0 bridgehead atoms. The van der Waals surface area contributed by atoms with Gasteiger partial charge in [-0.3, -0.25) is 14.6 Å². The summed E-state index contributed by atoms with van der Waals surface area (Å²) in [5.74, 6) is 0.435. The van der Waals surface area contributed by atoms with Gasteiger partial charge in [-0.05, 0) is 88.4 Å². The van der Waals surface area contributed by atoms with Gasteiger partial charge in [-0.1, -0.05) is 31.4 Å². The molecule has 2 aliphatic heterocycles. The molecule has 174 valence electrons. The largest absolute Gasteiger partial charge is 0.467 e. The quantitative estimate of drug-likeness (QED) is 0.618. The Kier molecular flexibility index (Phi) is 6.04. The number of ether oxygens (including phenoxy) is 1. The van der Waals surface area contributed by atoms with Gasteiger partial charge in [0.25, 0.3) is 0 Å². The van der Waals surface area contributed by atoms with Gasteiger partial charge in [0.15, 0.2) is 0 Å². The Hall–Kier alpha value is -1.88. The third-order valence-corrected chi connectivity index (χ3v) is 8.97. The van der Waals surface area contributed by atoms with Crippen LogP contribution in [0.2, 0.25) is 0 Å². The Bertz CT molecular complexity index is 845. The first-order valence-corrected chi connectivity index (χ1v) is 12.8. The lowest BCUT2D eigenvalue weighted by molar-refractivity contribution is -0.142. The second-order valence-electron chi connectivity index (χ2n) is 10.7. The van der Waals surface area contributed by atoms with E-state index in [2.05, 4.69) is 36.1 Å². The number of benzene rings is 1. The molecule has 0 N–H and O–H groups in total. The first-order chi connectivity index (χ1) is 15.5. The first kappa shape index (κ1) is 21.9. The van der Waals surface area contributed by atoms with Crippen molar-refractivity contribution in [2.75, 3.05) is 18.6 Å². The molecule has 2 heterocycles. The molecule has 0 radical (unpaired) electrons. The number of likely N-dealkylation sites (tertiary alicyclic amines) is 1. The monoisotopic (exact) mass is 438 g/mol. The smallest absolute Gasteiger partial charge is 0.329 e. The molecule has 1 spiro atoms. The molecule has 5 nitrogen and oxygen atoms in total. The summed E-state index contributed by atoms with van der Waals surface area (Å²) in [6.45, 7) is 3.63. The van der Waals surface area contributed by atoms with E-state index in [1.165, 1.54) is 57.7 Å². The molecular formula is C27H38N2O3. The van der Waals surface area contributed by atoms with Gasteiger partial charge in [0.2, 0.25) is 5.91 Å². The SMILES string of the molecule is COC(=O)C1CC2(CCCCC2)C(=O)N1c1ccc(C2CCC(N3CCCC3C)C2)cc1. The molecule has 2 aliphatic carbocycles. The van der Waals surface area contributed by atoms with Gasteiger partial charge in [-0.2, -0.15) is 0 Å². The molecule has 4 aliphatic rings. The second-order valence-corrected chi connectivity index (χ2v) is 10.7. The van der Waals surface area contributed by atoms with Crippen molar-refractivity contribution in [3.05, 3.63) is 29.8 Å². The summed E-state index contributed by atoms with van der Waals surface area (Å²) in [7, 11) is 1.43. The van der Waals surface area contributed by atoms with E-state index in [0.29, 0.717) is 18.4 Å². The Labute approximate surface area is 192 Å². The fraction of sp³-hybridized carbons (Fsp3) is 0.704. The third-order valence-electron chi connectivity index (χ3n) is 8.97. The van der Waals surface area contributed by atoms with E-state index in [1.807, 2.05) is 0 Å². The van der Waals surface area contributed by atoms with Gasteiger partial charge in [0.1, 0.15) is 6.04 Å². The lowest BCUT2D eigenvalue weighted by Crippen LogP contribution is -2.41. The predicted octanol–water partition coefficient (Wildman–Crippen LogP) is 5.04. The van der Waals surface area contributed by atoms with Crippen LogP contribution >= 0.6 is 0 Å². The van der Waals surface area contributed by atoms with Crippen molar-refractivity contribution in [2.45, 2.75) is 102 Å².